The zero-order valence-corrected chi connectivity index (χ0v) is 12.4. The molecule has 0 aliphatic rings. The summed E-state index contributed by atoms with van der Waals surface area (Å²) in [6.07, 6.45) is 1.42. The van der Waals surface area contributed by atoms with Crippen LogP contribution < -0.4 is 0 Å². The van der Waals surface area contributed by atoms with Crippen LogP contribution in [-0.4, -0.2) is 35.7 Å². The van der Waals surface area contributed by atoms with Gasteiger partial charge in [0.05, 0.1) is 9.89 Å². The number of aliphatic hydroxyl groups is 1. The predicted octanol–water partition coefficient (Wildman–Crippen LogP) is 3.15. The van der Waals surface area contributed by atoms with Gasteiger partial charge in [-0.2, -0.15) is 0 Å². The van der Waals surface area contributed by atoms with Gasteiger partial charge in [0, 0.05) is 17.8 Å². The largest absolute Gasteiger partial charge is 0.393 e. The van der Waals surface area contributed by atoms with Gasteiger partial charge in [-0.05, 0) is 47.6 Å². The molecule has 1 N–H and O–H groups in total. The summed E-state index contributed by atoms with van der Waals surface area (Å²) >= 11 is 5.14. The van der Waals surface area contributed by atoms with E-state index in [2.05, 4.69) is 40.7 Å². The minimum Gasteiger partial charge on any atom is -0.393 e. The lowest BCUT2D eigenvalue weighted by Gasteiger charge is -2.19. The fraction of sp³-hybridized carbons (Fsp3) is 0.667. The Morgan fingerprint density at radius 2 is 2.06 bits per heavy atom. The molecule has 1 atom stereocenters. The van der Waals surface area contributed by atoms with Crippen molar-refractivity contribution in [2.24, 2.45) is 0 Å². The molecule has 0 spiro atoms. The van der Waals surface area contributed by atoms with Crippen molar-refractivity contribution in [1.82, 2.24) is 4.90 Å². The van der Waals surface area contributed by atoms with Crippen molar-refractivity contribution in [1.29, 1.82) is 0 Å². The van der Waals surface area contributed by atoms with E-state index >= 15 is 0 Å². The molecular formula is C12H20BrNOS. The van der Waals surface area contributed by atoms with Gasteiger partial charge in [0.15, 0.2) is 0 Å². The third-order valence-electron chi connectivity index (χ3n) is 2.74. The summed E-state index contributed by atoms with van der Waals surface area (Å²) in [5.74, 6) is 0. The molecule has 1 heterocycles. The minimum atomic E-state index is -0.217. The first-order chi connectivity index (χ1) is 7.65. The maximum atomic E-state index is 9.92. The molecule has 1 rings (SSSR count). The third kappa shape index (κ3) is 4.95. The van der Waals surface area contributed by atoms with Crippen molar-refractivity contribution < 1.29 is 5.11 Å². The summed E-state index contributed by atoms with van der Waals surface area (Å²) in [5.41, 5.74) is 0. The lowest BCUT2D eigenvalue weighted by atomic mass is 10.1. The highest BCUT2D eigenvalue weighted by Gasteiger charge is 2.09. The second-order valence-corrected chi connectivity index (χ2v) is 6.43. The van der Waals surface area contributed by atoms with Crippen LogP contribution in [0.25, 0.3) is 0 Å². The quantitative estimate of drug-likeness (QED) is 0.836. The summed E-state index contributed by atoms with van der Waals surface area (Å²) in [5, 5.41) is 9.92. The molecule has 0 amide bonds. The van der Waals surface area contributed by atoms with E-state index in [0.29, 0.717) is 0 Å². The van der Waals surface area contributed by atoms with E-state index in [-0.39, 0.29) is 6.10 Å². The van der Waals surface area contributed by atoms with Gasteiger partial charge in [-0.15, -0.1) is 11.3 Å². The Labute approximate surface area is 110 Å². The summed E-state index contributed by atoms with van der Waals surface area (Å²) in [6.45, 7) is 7.43. The van der Waals surface area contributed by atoms with E-state index in [4.69, 9.17) is 0 Å². The Morgan fingerprint density at radius 1 is 1.38 bits per heavy atom. The van der Waals surface area contributed by atoms with Crippen LogP contribution in [0.4, 0.5) is 0 Å². The topological polar surface area (TPSA) is 23.5 Å². The molecule has 1 aromatic heterocycles. The molecule has 1 unspecified atom stereocenters. The average Bonchev–Trinajstić information content (AvgIpc) is 2.65. The number of rotatable bonds is 7. The number of hydrogen-bond acceptors (Lipinski definition) is 3. The molecular weight excluding hydrogens is 286 g/mol. The van der Waals surface area contributed by atoms with Crippen LogP contribution in [0, 0.1) is 0 Å². The van der Waals surface area contributed by atoms with E-state index in [1.54, 1.807) is 11.3 Å². The SMILES string of the molecule is CCN(CC)CCC(O)Cc1ccc(Br)s1. The van der Waals surface area contributed by atoms with E-state index < -0.39 is 0 Å². The molecule has 0 aliphatic heterocycles. The van der Waals surface area contributed by atoms with E-state index in [0.717, 1.165) is 36.3 Å². The van der Waals surface area contributed by atoms with Crippen molar-refractivity contribution in [2.75, 3.05) is 19.6 Å². The molecule has 1 aromatic rings. The van der Waals surface area contributed by atoms with Crippen LogP contribution in [0.5, 0.6) is 0 Å². The number of aliphatic hydroxyl groups excluding tert-OH is 1. The van der Waals surface area contributed by atoms with Crippen molar-refractivity contribution in [3.05, 3.63) is 20.8 Å². The number of thiophene rings is 1. The van der Waals surface area contributed by atoms with Crippen LogP contribution in [-0.2, 0) is 6.42 Å². The highest BCUT2D eigenvalue weighted by molar-refractivity contribution is 9.11. The first-order valence-electron chi connectivity index (χ1n) is 5.80. The van der Waals surface area contributed by atoms with Crippen LogP contribution in [0.2, 0.25) is 0 Å². The van der Waals surface area contributed by atoms with Crippen molar-refractivity contribution in [3.8, 4) is 0 Å². The Bertz CT molecular complexity index is 299. The van der Waals surface area contributed by atoms with Crippen molar-refractivity contribution in [2.45, 2.75) is 32.8 Å². The molecule has 0 saturated carbocycles. The van der Waals surface area contributed by atoms with Gasteiger partial charge in [0.1, 0.15) is 0 Å². The molecule has 0 saturated heterocycles. The molecule has 0 aromatic carbocycles. The molecule has 0 aliphatic carbocycles. The van der Waals surface area contributed by atoms with Crippen LogP contribution in [0.15, 0.2) is 15.9 Å². The average molecular weight is 306 g/mol. The van der Waals surface area contributed by atoms with Gasteiger partial charge in [-0.3, -0.25) is 0 Å². The highest BCUT2D eigenvalue weighted by Crippen LogP contribution is 2.23. The van der Waals surface area contributed by atoms with Crippen molar-refractivity contribution >= 4 is 27.3 Å². The minimum absolute atomic E-state index is 0.217. The van der Waals surface area contributed by atoms with Gasteiger partial charge in [-0.25, -0.2) is 0 Å². The first kappa shape index (κ1) is 14.2. The highest BCUT2D eigenvalue weighted by atomic mass is 79.9. The molecule has 0 bridgehead atoms. The Hall–Kier alpha value is 0.1000. The monoisotopic (exact) mass is 305 g/mol. The summed E-state index contributed by atoms with van der Waals surface area (Å²) in [7, 11) is 0. The number of hydrogen-bond donors (Lipinski definition) is 1. The van der Waals surface area contributed by atoms with Gasteiger partial charge in [0.2, 0.25) is 0 Å². The molecule has 0 fully saturated rings. The standard InChI is InChI=1S/C12H20BrNOS/c1-3-14(4-2)8-7-10(15)9-11-5-6-12(13)16-11/h5-6,10,15H,3-4,7-9H2,1-2H3. The normalized spacial score (nSPS) is 13.3. The lowest BCUT2D eigenvalue weighted by Crippen LogP contribution is -2.27. The van der Waals surface area contributed by atoms with Gasteiger partial charge >= 0.3 is 0 Å². The predicted molar refractivity (Wildman–Crippen MR) is 74.1 cm³/mol. The van der Waals surface area contributed by atoms with E-state index in [1.807, 2.05) is 6.07 Å². The molecule has 0 radical (unpaired) electrons. The first-order valence-corrected chi connectivity index (χ1v) is 7.41. The van der Waals surface area contributed by atoms with Gasteiger partial charge in [-0.1, -0.05) is 13.8 Å². The Morgan fingerprint density at radius 3 is 2.56 bits per heavy atom. The molecule has 4 heteroatoms. The van der Waals surface area contributed by atoms with Crippen LogP contribution >= 0.6 is 27.3 Å². The second-order valence-electron chi connectivity index (χ2n) is 3.88. The Kier molecular flexibility index (Phi) is 6.58. The maximum Gasteiger partial charge on any atom is 0.0701 e. The summed E-state index contributed by atoms with van der Waals surface area (Å²) < 4.78 is 1.14. The zero-order valence-electron chi connectivity index (χ0n) is 9.95. The van der Waals surface area contributed by atoms with Crippen LogP contribution in [0.3, 0.4) is 0 Å². The van der Waals surface area contributed by atoms with E-state index in [1.165, 1.54) is 4.88 Å². The molecule has 2 nitrogen and oxygen atoms in total. The maximum absolute atomic E-state index is 9.92. The number of halogens is 1. The fourth-order valence-corrected chi connectivity index (χ4v) is 3.22. The second kappa shape index (κ2) is 7.43. The Balaban J connectivity index is 2.27. The fourth-order valence-electron chi connectivity index (χ4n) is 1.67. The zero-order chi connectivity index (χ0) is 12.0. The summed E-state index contributed by atoms with van der Waals surface area (Å²) in [4.78, 5) is 3.59. The van der Waals surface area contributed by atoms with Gasteiger partial charge < -0.3 is 10.0 Å². The van der Waals surface area contributed by atoms with Crippen molar-refractivity contribution in [3.63, 3.8) is 0 Å². The smallest absolute Gasteiger partial charge is 0.0701 e. The summed E-state index contributed by atoms with van der Waals surface area (Å²) in [6, 6.07) is 4.12. The number of nitrogens with zero attached hydrogens (tertiary/aromatic N) is 1. The lowest BCUT2D eigenvalue weighted by molar-refractivity contribution is 0.144. The van der Waals surface area contributed by atoms with E-state index in [9.17, 15) is 5.11 Å². The van der Waals surface area contributed by atoms with Crippen LogP contribution in [0.1, 0.15) is 25.1 Å². The molecule has 16 heavy (non-hydrogen) atoms. The third-order valence-corrected chi connectivity index (χ3v) is 4.38. The van der Waals surface area contributed by atoms with Gasteiger partial charge in [0.25, 0.3) is 0 Å². The molecule has 92 valence electrons.